The summed E-state index contributed by atoms with van der Waals surface area (Å²) in [7, 11) is 2.11. The molecule has 11 heavy (non-hydrogen) atoms. The zero-order chi connectivity index (χ0) is 8.53. The average Bonchev–Trinajstić information content (AvgIpc) is 2.01. The number of nitrogens with zero attached hydrogens (tertiary/aromatic N) is 1. The van der Waals surface area contributed by atoms with E-state index in [1.165, 1.54) is 12.8 Å². The van der Waals surface area contributed by atoms with Crippen molar-refractivity contribution in [3.63, 3.8) is 0 Å². The third-order valence-corrected chi connectivity index (χ3v) is 1.51. The van der Waals surface area contributed by atoms with Crippen LogP contribution in [-0.2, 0) is 0 Å². The topological polar surface area (TPSA) is 3.24 Å². The van der Waals surface area contributed by atoms with Gasteiger partial charge < -0.3 is 4.90 Å². The quantitative estimate of drug-likeness (QED) is 0.549. The zero-order valence-electron chi connectivity index (χ0n) is 7.88. The molecule has 0 spiro atoms. The molecule has 0 aliphatic carbocycles. The van der Waals surface area contributed by atoms with Crippen molar-refractivity contribution < 1.29 is 0 Å². The Hall–Kier alpha value is -0.720. The van der Waals surface area contributed by atoms with E-state index in [2.05, 4.69) is 31.1 Å². The molecule has 0 unspecified atom stereocenters. The van der Waals surface area contributed by atoms with Crippen LogP contribution in [0.4, 0.5) is 0 Å². The van der Waals surface area contributed by atoms with Gasteiger partial charge in [0.1, 0.15) is 0 Å². The van der Waals surface area contributed by atoms with Crippen LogP contribution < -0.4 is 0 Å². The number of hydrogen-bond donors (Lipinski definition) is 0. The van der Waals surface area contributed by atoms with Crippen LogP contribution >= 0.6 is 0 Å². The van der Waals surface area contributed by atoms with E-state index in [4.69, 9.17) is 0 Å². The molecule has 0 amide bonds. The molecule has 0 N–H and O–H groups in total. The summed E-state index contributed by atoms with van der Waals surface area (Å²) in [5, 5.41) is 0. The molecule has 1 nitrogen and oxygen atoms in total. The normalized spacial score (nSPS) is 11.5. The standard InChI is InChI=1S/C10H19N/c1-4-6-8-10-11(3)9-7-5-2/h4,6,8,10H,5,7,9H2,1-3H3/b6-4-,10-8-. The van der Waals surface area contributed by atoms with Crippen LogP contribution in [0.1, 0.15) is 26.7 Å². The van der Waals surface area contributed by atoms with E-state index in [0.717, 1.165) is 6.54 Å². The molecule has 0 saturated heterocycles. The van der Waals surface area contributed by atoms with Gasteiger partial charge in [0.15, 0.2) is 0 Å². The highest BCUT2D eigenvalue weighted by molar-refractivity contribution is 5.00. The highest BCUT2D eigenvalue weighted by Crippen LogP contribution is 1.92. The summed E-state index contributed by atoms with van der Waals surface area (Å²) in [4.78, 5) is 2.21. The minimum absolute atomic E-state index is 1.16. The van der Waals surface area contributed by atoms with E-state index < -0.39 is 0 Å². The Morgan fingerprint density at radius 1 is 1.27 bits per heavy atom. The van der Waals surface area contributed by atoms with E-state index in [1.54, 1.807) is 0 Å². The molecular weight excluding hydrogens is 134 g/mol. The number of hydrogen-bond acceptors (Lipinski definition) is 1. The lowest BCUT2D eigenvalue weighted by atomic mass is 10.3. The second-order valence-electron chi connectivity index (χ2n) is 2.70. The fourth-order valence-electron chi connectivity index (χ4n) is 0.790. The number of allylic oxidation sites excluding steroid dienone is 3. The van der Waals surface area contributed by atoms with Crippen molar-refractivity contribution in [1.29, 1.82) is 0 Å². The van der Waals surface area contributed by atoms with Crippen molar-refractivity contribution in [1.82, 2.24) is 4.90 Å². The molecule has 0 rings (SSSR count). The molecule has 0 aliphatic rings. The lowest BCUT2D eigenvalue weighted by Crippen LogP contribution is -2.11. The Kier molecular flexibility index (Phi) is 6.90. The third-order valence-electron chi connectivity index (χ3n) is 1.51. The SMILES string of the molecule is C/C=C\C=C/N(C)CCCC. The molecular formula is C10H19N. The Balaban J connectivity index is 3.42. The van der Waals surface area contributed by atoms with Crippen molar-refractivity contribution in [3.8, 4) is 0 Å². The van der Waals surface area contributed by atoms with Gasteiger partial charge >= 0.3 is 0 Å². The summed E-state index contributed by atoms with van der Waals surface area (Å²) in [6.07, 6.45) is 10.8. The fourth-order valence-corrected chi connectivity index (χ4v) is 0.790. The van der Waals surface area contributed by atoms with E-state index in [0.29, 0.717) is 0 Å². The van der Waals surface area contributed by atoms with E-state index in [9.17, 15) is 0 Å². The van der Waals surface area contributed by atoms with E-state index in [-0.39, 0.29) is 0 Å². The summed E-state index contributed by atoms with van der Waals surface area (Å²) >= 11 is 0. The van der Waals surface area contributed by atoms with E-state index in [1.807, 2.05) is 19.1 Å². The summed E-state index contributed by atoms with van der Waals surface area (Å²) < 4.78 is 0. The highest BCUT2D eigenvalue weighted by atomic mass is 15.1. The van der Waals surface area contributed by atoms with Crippen LogP contribution in [0.5, 0.6) is 0 Å². The van der Waals surface area contributed by atoms with Crippen molar-refractivity contribution >= 4 is 0 Å². The maximum Gasteiger partial charge on any atom is 0.0169 e. The van der Waals surface area contributed by atoms with Crippen molar-refractivity contribution in [2.75, 3.05) is 13.6 Å². The Bertz CT molecular complexity index is 125. The first-order valence-corrected chi connectivity index (χ1v) is 4.31. The molecule has 0 aromatic carbocycles. The summed E-state index contributed by atoms with van der Waals surface area (Å²) in [5.41, 5.74) is 0. The Morgan fingerprint density at radius 2 is 2.00 bits per heavy atom. The summed E-state index contributed by atoms with van der Waals surface area (Å²) in [6.45, 7) is 5.39. The number of unbranched alkanes of at least 4 members (excludes halogenated alkanes) is 1. The minimum atomic E-state index is 1.16. The minimum Gasteiger partial charge on any atom is -0.380 e. The molecule has 0 fully saturated rings. The first kappa shape index (κ1) is 10.3. The molecule has 0 atom stereocenters. The first-order chi connectivity index (χ1) is 5.31. The molecule has 0 saturated carbocycles. The summed E-state index contributed by atoms with van der Waals surface area (Å²) in [5.74, 6) is 0. The van der Waals surface area contributed by atoms with Crippen LogP contribution in [-0.4, -0.2) is 18.5 Å². The predicted molar refractivity (Wildman–Crippen MR) is 51.5 cm³/mol. The maximum atomic E-state index is 2.21. The van der Waals surface area contributed by atoms with Gasteiger partial charge in [-0.3, -0.25) is 0 Å². The Morgan fingerprint density at radius 3 is 2.55 bits per heavy atom. The molecule has 0 heterocycles. The largest absolute Gasteiger partial charge is 0.380 e. The average molecular weight is 153 g/mol. The van der Waals surface area contributed by atoms with Gasteiger partial charge in [-0.25, -0.2) is 0 Å². The van der Waals surface area contributed by atoms with Crippen molar-refractivity contribution in [3.05, 3.63) is 24.4 Å². The molecule has 0 aliphatic heterocycles. The zero-order valence-corrected chi connectivity index (χ0v) is 7.88. The van der Waals surface area contributed by atoms with Gasteiger partial charge in [0, 0.05) is 13.6 Å². The van der Waals surface area contributed by atoms with Gasteiger partial charge in [-0.1, -0.05) is 25.5 Å². The molecule has 64 valence electrons. The Labute approximate surface area is 70.4 Å². The summed E-state index contributed by atoms with van der Waals surface area (Å²) in [6, 6.07) is 0. The highest BCUT2D eigenvalue weighted by Gasteiger charge is 1.86. The molecule has 0 bridgehead atoms. The van der Waals surface area contributed by atoms with Gasteiger partial charge in [0.05, 0.1) is 0 Å². The lowest BCUT2D eigenvalue weighted by Gasteiger charge is -2.11. The monoisotopic (exact) mass is 153 g/mol. The molecule has 1 heteroatoms. The van der Waals surface area contributed by atoms with Gasteiger partial charge in [-0.05, 0) is 25.6 Å². The van der Waals surface area contributed by atoms with Gasteiger partial charge in [0.2, 0.25) is 0 Å². The van der Waals surface area contributed by atoms with Crippen LogP contribution in [0, 0.1) is 0 Å². The van der Waals surface area contributed by atoms with Crippen LogP contribution in [0.3, 0.4) is 0 Å². The van der Waals surface area contributed by atoms with Crippen LogP contribution in [0.15, 0.2) is 24.4 Å². The second-order valence-corrected chi connectivity index (χ2v) is 2.70. The fraction of sp³-hybridized carbons (Fsp3) is 0.600. The van der Waals surface area contributed by atoms with Crippen molar-refractivity contribution in [2.24, 2.45) is 0 Å². The third kappa shape index (κ3) is 7.17. The van der Waals surface area contributed by atoms with Crippen LogP contribution in [0.25, 0.3) is 0 Å². The molecule has 0 radical (unpaired) electrons. The molecule has 0 aromatic rings. The van der Waals surface area contributed by atoms with Gasteiger partial charge in [0.25, 0.3) is 0 Å². The maximum absolute atomic E-state index is 2.21. The van der Waals surface area contributed by atoms with Gasteiger partial charge in [-0.2, -0.15) is 0 Å². The van der Waals surface area contributed by atoms with Gasteiger partial charge in [-0.15, -0.1) is 0 Å². The predicted octanol–water partition coefficient (Wildman–Crippen LogP) is 2.81. The van der Waals surface area contributed by atoms with Crippen LogP contribution in [0.2, 0.25) is 0 Å². The van der Waals surface area contributed by atoms with E-state index >= 15 is 0 Å². The smallest absolute Gasteiger partial charge is 0.0169 e. The number of rotatable bonds is 5. The molecule has 0 aromatic heterocycles. The lowest BCUT2D eigenvalue weighted by molar-refractivity contribution is 0.441. The second kappa shape index (κ2) is 7.39. The first-order valence-electron chi connectivity index (χ1n) is 4.31. The van der Waals surface area contributed by atoms with Crippen molar-refractivity contribution in [2.45, 2.75) is 26.7 Å².